The standard InChI is InChI=1S/C17H17ClO2/c1-9(18)12-4-3-11-8-14(19)13-5-2-10-6-7-20-17(10)16(13)15(11)12/h2,5,9,12H,3-4,6-8H2,1H3. The van der Waals surface area contributed by atoms with Crippen LogP contribution in [0.5, 0.6) is 5.75 Å². The molecule has 2 atom stereocenters. The molecule has 3 aliphatic rings. The maximum Gasteiger partial charge on any atom is 0.167 e. The maximum absolute atomic E-state index is 12.4. The van der Waals surface area contributed by atoms with Gasteiger partial charge in [0.15, 0.2) is 5.78 Å². The van der Waals surface area contributed by atoms with E-state index in [2.05, 4.69) is 13.0 Å². The molecule has 2 unspecified atom stereocenters. The van der Waals surface area contributed by atoms with E-state index in [9.17, 15) is 4.79 Å². The number of carbonyl (C=O) groups is 1. The summed E-state index contributed by atoms with van der Waals surface area (Å²) in [7, 11) is 0. The fourth-order valence-electron chi connectivity index (χ4n) is 3.92. The molecule has 20 heavy (non-hydrogen) atoms. The molecule has 104 valence electrons. The van der Waals surface area contributed by atoms with Crippen LogP contribution in [0.3, 0.4) is 0 Å². The predicted molar refractivity (Wildman–Crippen MR) is 79.5 cm³/mol. The van der Waals surface area contributed by atoms with Crippen molar-refractivity contribution in [3.05, 3.63) is 34.4 Å². The Morgan fingerprint density at radius 2 is 2.20 bits per heavy atom. The number of benzene rings is 1. The first kappa shape index (κ1) is 12.5. The molecule has 2 nitrogen and oxygen atoms in total. The van der Waals surface area contributed by atoms with E-state index < -0.39 is 0 Å². The molecule has 4 rings (SSSR count). The first-order valence-electron chi connectivity index (χ1n) is 7.35. The topological polar surface area (TPSA) is 26.3 Å². The van der Waals surface area contributed by atoms with Gasteiger partial charge < -0.3 is 4.74 Å². The third kappa shape index (κ3) is 1.61. The molecule has 0 fully saturated rings. The summed E-state index contributed by atoms with van der Waals surface area (Å²) in [5.74, 6) is 1.54. The van der Waals surface area contributed by atoms with E-state index >= 15 is 0 Å². The Morgan fingerprint density at radius 3 is 3.00 bits per heavy atom. The molecule has 1 aromatic rings. The van der Waals surface area contributed by atoms with E-state index in [-0.39, 0.29) is 11.2 Å². The number of hydrogen-bond acceptors (Lipinski definition) is 2. The Morgan fingerprint density at radius 1 is 1.35 bits per heavy atom. The molecule has 0 aromatic heterocycles. The van der Waals surface area contributed by atoms with Gasteiger partial charge in [-0.1, -0.05) is 17.7 Å². The zero-order chi connectivity index (χ0) is 13.9. The normalized spacial score (nSPS) is 25.1. The van der Waals surface area contributed by atoms with Crippen LogP contribution in [-0.2, 0) is 6.42 Å². The number of ether oxygens (including phenoxy) is 1. The number of alkyl halides is 1. The Balaban J connectivity index is 1.97. The van der Waals surface area contributed by atoms with Gasteiger partial charge in [0.25, 0.3) is 0 Å². The maximum atomic E-state index is 12.4. The van der Waals surface area contributed by atoms with Crippen LogP contribution in [0.15, 0.2) is 17.7 Å². The second-order valence-corrected chi connectivity index (χ2v) is 6.70. The number of carbonyl (C=O) groups excluding carboxylic acids is 1. The van der Waals surface area contributed by atoms with Gasteiger partial charge in [0.05, 0.1) is 6.61 Å². The third-order valence-electron chi connectivity index (χ3n) is 4.86. The number of hydrogen-bond donors (Lipinski definition) is 0. The van der Waals surface area contributed by atoms with Crippen LogP contribution in [0, 0.1) is 5.92 Å². The van der Waals surface area contributed by atoms with Gasteiger partial charge in [-0.05, 0) is 30.9 Å². The first-order chi connectivity index (χ1) is 9.66. The molecule has 1 aliphatic heterocycles. The Labute approximate surface area is 123 Å². The van der Waals surface area contributed by atoms with E-state index in [0.717, 1.165) is 42.7 Å². The molecule has 0 saturated heterocycles. The molecular formula is C17H17ClO2. The largest absolute Gasteiger partial charge is 0.492 e. The average Bonchev–Trinajstić information content (AvgIpc) is 3.03. The van der Waals surface area contributed by atoms with Crippen LogP contribution in [0.2, 0.25) is 0 Å². The smallest absolute Gasteiger partial charge is 0.167 e. The molecule has 1 heterocycles. The summed E-state index contributed by atoms with van der Waals surface area (Å²) < 4.78 is 5.85. The van der Waals surface area contributed by atoms with Crippen molar-refractivity contribution in [3.63, 3.8) is 0 Å². The minimum Gasteiger partial charge on any atom is -0.492 e. The summed E-state index contributed by atoms with van der Waals surface area (Å²) in [4.78, 5) is 12.4. The van der Waals surface area contributed by atoms with Crippen molar-refractivity contribution >= 4 is 23.0 Å². The minimum absolute atomic E-state index is 0.0980. The Bertz CT molecular complexity index is 643. The van der Waals surface area contributed by atoms with E-state index in [4.69, 9.17) is 16.3 Å². The van der Waals surface area contributed by atoms with Gasteiger partial charge >= 0.3 is 0 Å². The van der Waals surface area contributed by atoms with Gasteiger partial charge in [0.2, 0.25) is 0 Å². The molecule has 0 spiro atoms. The molecule has 2 aliphatic carbocycles. The lowest BCUT2D eigenvalue weighted by Crippen LogP contribution is -2.17. The van der Waals surface area contributed by atoms with Crippen molar-refractivity contribution in [3.8, 4) is 5.75 Å². The third-order valence-corrected chi connectivity index (χ3v) is 5.17. The summed E-state index contributed by atoms with van der Waals surface area (Å²) in [6.45, 7) is 2.78. The Kier molecular flexibility index (Phi) is 2.71. The van der Waals surface area contributed by atoms with Gasteiger partial charge in [0, 0.05) is 35.3 Å². The van der Waals surface area contributed by atoms with Crippen molar-refractivity contribution in [1.82, 2.24) is 0 Å². The quantitative estimate of drug-likeness (QED) is 0.730. The lowest BCUT2D eigenvalue weighted by molar-refractivity contribution is 0.0990. The van der Waals surface area contributed by atoms with Gasteiger partial charge in [-0.2, -0.15) is 0 Å². The van der Waals surface area contributed by atoms with Crippen LogP contribution in [0.25, 0.3) is 5.57 Å². The molecular weight excluding hydrogens is 272 g/mol. The zero-order valence-corrected chi connectivity index (χ0v) is 12.3. The summed E-state index contributed by atoms with van der Waals surface area (Å²) in [6.07, 6.45) is 3.58. The lowest BCUT2D eigenvalue weighted by Gasteiger charge is -2.25. The van der Waals surface area contributed by atoms with Crippen molar-refractivity contribution in [2.24, 2.45) is 5.92 Å². The van der Waals surface area contributed by atoms with Crippen LogP contribution in [-0.4, -0.2) is 17.8 Å². The summed E-state index contributed by atoms with van der Waals surface area (Å²) in [6, 6.07) is 4.04. The summed E-state index contributed by atoms with van der Waals surface area (Å²) >= 11 is 6.40. The highest BCUT2D eigenvalue weighted by atomic mass is 35.5. The van der Waals surface area contributed by atoms with Crippen molar-refractivity contribution in [2.45, 2.75) is 38.0 Å². The molecule has 3 heteroatoms. The van der Waals surface area contributed by atoms with Crippen molar-refractivity contribution < 1.29 is 9.53 Å². The van der Waals surface area contributed by atoms with E-state index in [1.807, 2.05) is 6.07 Å². The second kappa shape index (κ2) is 4.36. The second-order valence-electron chi connectivity index (χ2n) is 6.01. The number of ketones is 1. The number of halogens is 1. The molecule has 0 N–H and O–H groups in total. The first-order valence-corrected chi connectivity index (χ1v) is 7.78. The zero-order valence-electron chi connectivity index (χ0n) is 11.5. The van der Waals surface area contributed by atoms with Gasteiger partial charge in [-0.3, -0.25) is 4.79 Å². The van der Waals surface area contributed by atoms with Gasteiger partial charge in [-0.25, -0.2) is 0 Å². The SMILES string of the molecule is CC(Cl)C1CCC2=C1c1c(ccc3c1OCC3)C(=O)C2. The molecule has 0 bridgehead atoms. The number of rotatable bonds is 1. The summed E-state index contributed by atoms with van der Waals surface area (Å²) in [5, 5.41) is 0.0980. The number of allylic oxidation sites excluding steroid dienone is 2. The highest BCUT2D eigenvalue weighted by molar-refractivity contribution is 6.21. The van der Waals surface area contributed by atoms with E-state index in [1.54, 1.807) is 0 Å². The predicted octanol–water partition coefficient (Wildman–Crippen LogP) is 4.00. The molecule has 0 radical (unpaired) electrons. The van der Waals surface area contributed by atoms with Crippen LogP contribution >= 0.6 is 11.6 Å². The lowest BCUT2D eigenvalue weighted by atomic mass is 9.80. The molecule has 0 saturated carbocycles. The van der Waals surface area contributed by atoms with Crippen LogP contribution in [0.4, 0.5) is 0 Å². The highest BCUT2D eigenvalue weighted by Crippen LogP contribution is 2.51. The van der Waals surface area contributed by atoms with Gasteiger partial charge in [0.1, 0.15) is 5.75 Å². The van der Waals surface area contributed by atoms with Crippen molar-refractivity contribution in [1.29, 1.82) is 0 Å². The van der Waals surface area contributed by atoms with Crippen molar-refractivity contribution in [2.75, 3.05) is 6.61 Å². The van der Waals surface area contributed by atoms with Gasteiger partial charge in [-0.15, -0.1) is 11.6 Å². The Hall–Kier alpha value is -1.28. The molecule has 0 amide bonds. The molecule has 1 aromatic carbocycles. The number of Topliss-reactive ketones (excluding diaryl/α,β-unsaturated/α-hetero) is 1. The van der Waals surface area contributed by atoms with Crippen LogP contribution in [0.1, 0.15) is 47.7 Å². The average molecular weight is 289 g/mol. The summed E-state index contributed by atoms with van der Waals surface area (Å²) in [5.41, 5.74) is 5.76. The fourth-order valence-corrected chi connectivity index (χ4v) is 4.17. The van der Waals surface area contributed by atoms with E-state index in [1.165, 1.54) is 16.7 Å². The number of fused-ring (bicyclic) bond motifs is 4. The van der Waals surface area contributed by atoms with Crippen LogP contribution < -0.4 is 4.74 Å². The monoisotopic (exact) mass is 288 g/mol. The minimum atomic E-state index is 0.0980. The highest BCUT2D eigenvalue weighted by Gasteiger charge is 2.38. The van der Waals surface area contributed by atoms with E-state index in [0.29, 0.717) is 12.3 Å². The fraction of sp³-hybridized carbons (Fsp3) is 0.471.